The molecule has 8 heteroatoms. The fourth-order valence-corrected chi connectivity index (χ4v) is 7.09. The Kier molecular flexibility index (Phi) is 6.17. The van der Waals surface area contributed by atoms with E-state index in [1.54, 1.807) is 26.0 Å². The van der Waals surface area contributed by atoms with Gasteiger partial charge in [0.25, 0.3) is 5.91 Å². The second kappa shape index (κ2) is 9.29. The Bertz CT molecular complexity index is 1610. The van der Waals surface area contributed by atoms with Crippen molar-refractivity contribution < 1.29 is 29.0 Å². The van der Waals surface area contributed by atoms with E-state index in [9.17, 15) is 19.5 Å². The molecule has 1 aromatic carbocycles. The molecule has 1 N–H and O–H groups in total. The van der Waals surface area contributed by atoms with Crippen LogP contribution in [0.1, 0.15) is 78.2 Å². The SMILES string of the molecule is COc1ccc(-c2cc(C)c(C)c(C(=O)O)n2)c(C)c1[C@H]1C2=C(CC3(CC3)CC2=O)OC2=C1C(=O)N(C)[C@@H]2C(C)C. The highest BCUT2D eigenvalue weighted by Crippen LogP contribution is 2.61. The lowest BCUT2D eigenvalue weighted by atomic mass is 9.71. The van der Waals surface area contributed by atoms with E-state index in [0.717, 1.165) is 35.1 Å². The van der Waals surface area contributed by atoms with Crippen LogP contribution >= 0.6 is 0 Å². The van der Waals surface area contributed by atoms with Gasteiger partial charge >= 0.3 is 5.97 Å². The van der Waals surface area contributed by atoms with Crippen LogP contribution in [0.15, 0.2) is 40.9 Å². The van der Waals surface area contributed by atoms with Gasteiger partial charge in [0, 0.05) is 36.6 Å². The Morgan fingerprint density at radius 3 is 2.44 bits per heavy atom. The zero-order valence-corrected chi connectivity index (χ0v) is 24.7. The van der Waals surface area contributed by atoms with Gasteiger partial charge in [0.15, 0.2) is 11.5 Å². The first-order valence-corrected chi connectivity index (χ1v) is 14.2. The molecule has 41 heavy (non-hydrogen) atoms. The third-order valence-electron chi connectivity index (χ3n) is 9.57. The number of nitrogens with zero attached hydrogens (tertiary/aromatic N) is 2. The number of ketones is 1. The molecule has 6 rings (SSSR count). The summed E-state index contributed by atoms with van der Waals surface area (Å²) in [5, 5.41) is 9.82. The highest BCUT2D eigenvalue weighted by atomic mass is 16.5. The minimum absolute atomic E-state index is 0.00221. The maximum absolute atomic E-state index is 14.0. The number of Topliss-reactive ketones (excluding diaryl/α,β-unsaturated/α-hetero) is 1. The molecule has 1 saturated carbocycles. The highest BCUT2D eigenvalue weighted by molar-refractivity contribution is 6.07. The Hall–Kier alpha value is -3.94. The van der Waals surface area contributed by atoms with E-state index in [1.165, 1.54) is 0 Å². The second-order valence-electron chi connectivity index (χ2n) is 12.5. The van der Waals surface area contributed by atoms with Crippen LogP contribution in [0.5, 0.6) is 5.75 Å². The topological polar surface area (TPSA) is 106 Å². The summed E-state index contributed by atoms with van der Waals surface area (Å²) < 4.78 is 12.5. The molecule has 2 atom stereocenters. The number of ether oxygens (including phenoxy) is 2. The van der Waals surface area contributed by atoms with Gasteiger partial charge in [-0.1, -0.05) is 13.8 Å². The largest absolute Gasteiger partial charge is 0.496 e. The van der Waals surface area contributed by atoms with Gasteiger partial charge in [0.05, 0.1) is 30.3 Å². The van der Waals surface area contributed by atoms with Crippen molar-refractivity contribution in [2.24, 2.45) is 11.3 Å². The minimum Gasteiger partial charge on any atom is -0.496 e. The zero-order chi connectivity index (χ0) is 29.5. The van der Waals surface area contributed by atoms with Crippen LogP contribution in [0.4, 0.5) is 0 Å². The predicted molar refractivity (Wildman–Crippen MR) is 153 cm³/mol. The fourth-order valence-electron chi connectivity index (χ4n) is 7.09. The van der Waals surface area contributed by atoms with E-state index < -0.39 is 11.9 Å². The molecule has 214 valence electrons. The van der Waals surface area contributed by atoms with Crippen LogP contribution in [0.25, 0.3) is 11.3 Å². The molecule has 2 aromatic rings. The lowest BCUT2D eigenvalue weighted by Gasteiger charge is -2.36. The number of pyridine rings is 1. The number of allylic oxidation sites excluding steroid dienone is 2. The number of aromatic nitrogens is 1. The highest BCUT2D eigenvalue weighted by Gasteiger charge is 2.56. The standard InChI is InChI=1S/C33H36N2O6/c1-15(2)29-30-27(31(37)35(29)6)26(25-21(36)13-33(10-11-33)14-23(25)41-30)24-18(5)19(8-9-22(24)40-7)20-12-16(3)17(4)28(34-20)32(38)39/h8-9,12,15,26,29H,10-11,13-14H2,1-7H3,(H,38,39)/t26-,29+/m0/s1. The molecule has 0 saturated heterocycles. The van der Waals surface area contributed by atoms with Crippen molar-refractivity contribution in [1.29, 1.82) is 0 Å². The normalized spacial score (nSPS) is 22.8. The molecule has 2 aliphatic heterocycles. The molecule has 3 heterocycles. The van der Waals surface area contributed by atoms with Crippen LogP contribution in [0, 0.1) is 32.1 Å². The number of carboxylic acid groups (broad SMARTS) is 1. The third kappa shape index (κ3) is 4.02. The molecule has 1 aromatic heterocycles. The smallest absolute Gasteiger partial charge is 0.354 e. The van der Waals surface area contributed by atoms with Crippen LogP contribution < -0.4 is 4.74 Å². The molecule has 8 nitrogen and oxygen atoms in total. The van der Waals surface area contributed by atoms with E-state index in [4.69, 9.17) is 9.47 Å². The lowest BCUT2D eigenvalue weighted by molar-refractivity contribution is -0.126. The summed E-state index contributed by atoms with van der Waals surface area (Å²) in [6.45, 7) is 9.69. The van der Waals surface area contributed by atoms with Gasteiger partial charge in [-0.25, -0.2) is 9.78 Å². The Morgan fingerprint density at radius 2 is 1.83 bits per heavy atom. The van der Waals surface area contributed by atoms with Crippen LogP contribution in [0.2, 0.25) is 0 Å². The summed E-state index contributed by atoms with van der Waals surface area (Å²) in [5.41, 5.74) is 5.18. The van der Waals surface area contributed by atoms with Crippen LogP contribution in [0.3, 0.4) is 0 Å². The molecular formula is C33H36N2O6. The summed E-state index contributed by atoms with van der Waals surface area (Å²) in [5.74, 6) is 0.100. The van der Waals surface area contributed by atoms with Crippen molar-refractivity contribution in [2.75, 3.05) is 14.2 Å². The van der Waals surface area contributed by atoms with E-state index >= 15 is 0 Å². The quantitative estimate of drug-likeness (QED) is 0.508. The lowest BCUT2D eigenvalue weighted by Crippen LogP contribution is -2.36. The minimum atomic E-state index is -1.09. The van der Waals surface area contributed by atoms with E-state index in [0.29, 0.717) is 52.5 Å². The first-order chi connectivity index (χ1) is 19.4. The van der Waals surface area contributed by atoms with Gasteiger partial charge in [-0.3, -0.25) is 9.59 Å². The Labute approximate surface area is 240 Å². The molecule has 2 aliphatic carbocycles. The number of carbonyl (C=O) groups excluding carboxylic acids is 2. The molecule has 1 fully saturated rings. The van der Waals surface area contributed by atoms with Crippen LogP contribution in [-0.4, -0.2) is 52.8 Å². The number of carbonyl (C=O) groups is 3. The van der Waals surface area contributed by atoms with Crippen molar-refractivity contribution in [2.45, 2.75) is 72.3 Å². The number of methoxy groups -OCH3 is 1. The summed E-state index contributed by atoms with van der Waals surface area (Å²) in [6, 6.07) is 5.33. The number of benzene rings is 1. The first kappa shape index (κ1) is 27.2. The van der Waals surface area contributed by atoms with Crippen molar-refractivity contribution in [3.05, 3.63) is 68.8 Å². The van der Waals surface area contributed by atoms with Crippen molar-refractivity contribution in [1.82, 2.24) is 9.88 Å². The number of aromatic carboxylic acids is 1. The summed E-state index contributed by atoms with van der Waals surface area (Å²) >= 11 is 0. The summed E-state index contributed by atoms with van der Waals surface area (Å²) in [4.78, 5) is 46.1. The van der Waals surface area contributed by atoms with Gasteiger partial charge < -0.3 is 19.5 Å². The van der Waals surface area contributed by atoms with Crippen molar-refractivity contribution in [3.63, 3.8) is 0 Å². The molecule has 0 bridgehead atoms. The van der Waals surface area contributed by atoms with E-state index in [-0.39, 0.29) is 34.8 Å². The van der Waals surface area contributed by atoms with Gasteiger partial charge in [-0.05, 0) is 79.8 Å². The molecule has 0 radical (unpaired) electrons. The Balaban J connectivity index is 1.62. The average Bonchev–Trinajstić information content (AvgIpc) is 3.59. The number of aryl methyl sites for hydroxylation is 1. The van der Waals surface area contributed by atoms with Gasteiger partial charge in [-0.2, -0.15) is 0 Å². The molecule has 1 spiro atoms. The number of hydrogen-bond acceptors (Lipinski definition) is 6. The van der Waals surface area contributed by atoms with Gasteiger partial charge in [-0.15, -0.1) is 0 Å². The average molecular weight is 557 g/mol. The van der Waals surface area contributed by atoms with Gasteiger partial charge in [0.2, 0.25) is 0 Å². The number of carboxylic acids is 1. The predicted octanol–water partition coefficient (Wildman–Crippen LogP) is 5.64. The van der Waals surface area contributed by atoms with Crippen LogP contribution in [-0.2, 0) is 14.3 Å². The first-order valence-electron chi connectivity index (χ1n) is 14.2. The van der Waals surface area contributed by atoms with Crippen molar-refractivity contribution >= 4 is 17.7 Å². The number of likely N-dealkylation sites (N-methyl/N-ethyl adjacent to an activating group) is 1. The van der Waals surface area contributed by atoms with E-state index in [1.807, 2.05) is 32.0 Å². The molecule has 4 aliphatic rings. The summed E-state index contributed by atoms with van der Waals surface area (Å²) in [7, 11) is 3.38. The monoisotopic (exact) mass is 556 g/mol. The number of hydrogen-bond donors (Lipinski definition) is 1. The second-order valence-corrected chi connectivity index (χ2v) is 12.5. The molecule has 1 amide bonds. The number of rotatable bonds is 5. The third-order valence-corrected chi connectivity index (χ3v) is 9.57. The maximum Gasteiger partial charge on any atom is 0.354 e. The zero-order valence-electron chi connectivity index (χ0n) is 24.7. The number of amides is 1. The maximum atomic E-state index is 14.0. The molecule has 0 unspecified atom stereocenters. The molecular weight excluding hydrogens is 520 g/mol. The van der Waals surface area contributed by atoms with E-state index in [2.05, 4.69) is 18.8 Å². The summed E-state index contributed by atoms with van der Waals surface area (Å²) in [6.07, 6.45) is 3.15. The van der Waals surface area contributed by atoms with Crippen molar-refractivity contribution in [3.8, 4) is 17.0 Å². The van der Waals surface area contributed by atoms with Gasteiger partial charge in [0.1, 0.15) is 17.3 Å². The Morgan fingerprint density at radius 1 is 1.12 bits per heavy atom. The fraction of sp³-hybridized carbons (Fsp3) is 0.455.